The van der Waals surface area contributed by atoms with Crippen molar-refractivity contribution in [1.82, 2.24) is 9.55 Å². The molecule has 270 valence electrons. The molecule has 3 aromatic heterocycles. The fourth-order valence-electron chi connectivity index (χ4n) is 8.72. The van der Waals surface area contributed by atoms with Crippen LogP contribution in [0.3, 0.4) is 0 Å². The summed E-state index contributed by atoms with van der Waals surface area (Å²) in [5, 5.41) is 6.67. The Morgan fingerprint density at radius 1 is 0.545 bits per heavy atom. The Balaban J connectivity index is 1.33. The van der Waals surface area contributed by atoms with E-state index in [4.69, 9.17) is 13.8 Å². The van der Waals surface area contributed by atoms with E-state index < -0.39 is 0 Å². The molecule has 0 bridgehead atoms. The first-order chi connectivity index (χ1) is 26.5. The summed E-state index contributed by atoms with van der Waals surface area (Å²) < 4.78 is 15.7. The maximum Gasteiger partial charge on any atom is 0.149 e. The standard InChI is InChI=1S/C51H44N2O2/c1-29(2)37-23-33(31-15-9-8-10-16-31)24-38(30(3)4)48(37)53-44-26-39-32(17-13-21-42(39)51(5,6)7)25-43(44)52-50(53)36-20-14-19-35-41-28-46-40(27-47(41)55-49(35)36)34-18-11-12-22-45(34)54-46/h8-30H,1-7H3. The predicted octanol–water partition coefficient (Wildman–Crippen LogP) is 14.9. The number of benzene rings is 7. The zero-order valence-electron chi connectivity index (χ0n) is 32.5. The minimum Gasteiger partial charge on any atom is -0.456 e. The molecule has 4 nitrogen and oxygen atoms in total. The Hall–Kier alpha value is -6.13. The van der Waals surface area contributed by atoms with E-state index >= 15 is 0 Å². The Bertz CT molecular complexity index is 3100. The highest BCUT2D eigenvalue weighted by atomic mass is 16.3. The lowest BCUT2D eigenvalue weighted by Crippen LogP contribution is -2.12. The van der Waals surface area contributed by atoms with Crippen molar-refractivity contribution < 1.29 is 8.83 Å². The molecule has 0 radical (unpaired) electrons. The van der Waals surface area contributed by atoms with Crippen LogP contribution in [0.2, 0.25) is 0 Å². The third kappa shape index (κ3) is 5.22. The van der Waals surface area contributed by atoms with E-state index in [0.717, 1.165) is 66.3 Å². The van der Waals surface area contributed by atoms with Gasteiger partial charge in [-0.2, -0.15) is 0 Å². The summed E-state index contributed by atoms with van der Waals surface area (Å²) in [6.07, 6.45) is 0. The minimum atomic E-state index is -0.0330. The van der Waals surface area contributed by atoms with Gasteiger partial charge in [-0.15, -0.1) is 0 Å². The lowest BCUT2D eigenvalue weighted by molar-refractivity contribution is 0.596. The first kappa shape index (κ1) is 33.4. The topological polar surface area (TPSA) is 44.1 Å². The molecule has 0 atom stereocenters. The van der Waals surface area contributed by atoms with Crippen LogP contribution in [0.5, 0.6) is 0 Å². The van der Waals surface area contributed by atoms with E-state index in [1.165, 1.54) is 44.3 Å². The van der Waals surface area contributed by atoms with Crippen LogP contribution >= 0.6 is 0 Å². The summed E-state index contributed by atoms with van der Waals surface area (Å²) in [4.78, 5) is 5.57. The van der Waals surface area contributed by atoms with Gasteiger partial charge in [0.2, 0.25) is 0 Å². The minimum absolute atomic E-state index is 0.0330. The van der Waals surface area contributed by atoms with Crippen LogP contribution in [0.15, 0.2) is 136 Å². The number of para-hydroxylation sites is 2. The van der Waals surface area contributed by atoms with Gasteiger partial charge in [-0.05, 0) is 104 Å². The Morgan fingerprint density at radius 2 is 1.20 bits per heavy atom. The molecule has 10 rings (SSSR count). The van der Waals surface area contributed by atoms with E-state index in [9.17, 15) is 0 Å². The number of imidazole rings is 1. The van der Waals surface area contributed by atoms with E-state index in [0.29, 0.717) is 0 Å². The lowest BCUT2D eigenvalue weighted by atomic mass is 9.83. The number of fused-ring (bicyclic) bond motifs is 8. The number of aromatic nitrogens is 2. The average Bonchev–Trinajstić information content (AvgIpc) is 3.85. The molecule has 0 spiro atoms. The van der Waals surface area contributed by atoms with Crippen molar-refractivity contribution in [1.29, 1.82) is 0 Å². The number of furan rings is 2. The Labute approximate surface area is 321 Å². The summed E-state index contributed by atoms with van der Waals surface area (Å²) in [5.41, 5.74) is 13.9. The van der Waals surface area contributed by atoms with Crippen molar-refractivity contribution in [3.63, 3.8) is 0 Å². The van der Waals surface area contributed by atoms with E-state index in [-0.39, 0.29) is 17.3 Å². The molecule has 0 fully saturated rings. The van der Waals surface area contributed by atoms with Gasteiger partial charge in [-0.25, -0.2) is 4.98 Å². The normalized spacial score (nSPS) is 12.6. The van der Waals surface area contributed by atoms with E-state index in [2.05, 4.69) is 168 Å². The van der Waals surface area contributed by atoms with Crippen molar-refractivity contribution in [2.24, 2.45) is 0 Å². The molecule has 4 heteroatoms. The van der Waals surface area contributed by atoms with Gasteiger partial charge in [-0.3, -0.25) is 4.57 Å². The monoisotopic (exact) mass is 716 g/mol. The highest BCUT2D eigenvalue weighted by molar-refractivity contribution is 6.16. The molecule has 0 amide bonds. The van der Waals surface area contributed by atoms with Gasteiger partial charge in [0.05, 0.1) is 22.3 Å². The largest absolute Gasteiger partial charge is 0.456 e. The van der Waals surface area contributed by atoms with Crippen molar-refractivity contribution in [3.05, 3.63) is 144 Å². The Kier molecular flexibility index (Phi) is 7.41. The van der Waals surface area contributed by atoms with Gasteiger partial charge in [0.25, 0.3) is 0 Å². The first-order valence-electron chi connectivity index (χ1n) is 19.5. The maximum atomic E-state index is 6.93. The molecule has 0 unspecified atom stereocenters. The quantitative estimate of drug-likeness (QED) is 0.178. The van der Waals surface area contributed by atoms with Gasteiger partial charge in [0.15, 0.2) is 0 Å². The Morgan fingerprint density at radius 3 is 1.93 bits per heavy atom. The highest BCUT2D eigenvalue weighted by Gasteiger charge is 2.27. The van der Waals surface area contributed by atoms with Gasteiger partial charge in [0.1, 0.15) is 28.2 Å². The van der Waals surface area contributed by atoms with Crippen molar-refractivity contribution in [2.45, 2.75) is 65.7 Å². The SMILES string of the molecule is CC(C)c1cc(-c2ccccc2)cc(C(C)C)c1-n1c(-c2cccc3c2oc2cc4c(cc23)oc2ccccc24)nc2cc3cccc(C(C)(C)C)c3cc21. The van der Waals surface area contributed by atoms with Gasteiger partial charge >= 0.3 is 0 Å². The molecule has 0 saturated heterocycles. The molecule has 7 aromatic carbocycles. The number of hydrogen-bond donors (Lipinski definition) is 0. The predicted molar refractivity (Wildman–Crippen MR) is 231 cm³/mol. The molecule has 0 saturated carbocycles. The summed E-state index contributed by atoms with van der Waals surface area (Å²) in [6, 6.07) is 45.8. The van der Waals surface area contributed by atoms with Crippen LogP contribution in [-0.2, 0) is 5.41 Å². The highest BCUT2D eigenvalue weighted by Crippen LogP contribution is 2.45. The van der Waals surface area contributed by atoms with E-state index in [1.807, 2.05) is 12.1 Å². The molecular formula is C51H44N2O2. The second-order valence-electron chi connectivity index (χ2n) is 16.8. The second-order valence-corrected chi connectivity index (χ2v) is 16.8. The number of nitrogens with zero attached hydrogens (tertiary/aromatic N) is 2. The first-order valence-corrected chi connectivity index (χ1v) is 19.5. The third-order valence-electron chi connectivity index (χ3n) is 11.4. The fourth-order valence-corrected chi connectivity index (χ4v) is 8.72. The van der Waals surface area contributed by atoms with Crippen LogP contribution in [0, 0.1) is 0 Å². The summed E-state index contributed by atoms with van der Waals surface area (Å²) in [7, 11) is 0. The molecule has 0 aliphatic carbocycles. The van der Waals surface area contributed by atoms with Crippen LogP contribution in [0.1, 0.15) is 77.0 Å². The average molecular weight is 717 g/mol. The molecular weight excluding hydrogens is 673 g/mol. The van der Waals surface area contributed by atoms with Crippen LogP contribution < -0.4 is 0 Å². The molecule has 55 heavy (non-hydrogen) atoms. The molecule has 3 heterocycles. The number of hydrogen-bond acceptors (Lipinski definition) is 3. The van der Waals surface area contributed by atoms with Gasteiger partial charge in [-0.1, -0.05) is 127 Å². The molecule has 0 N–H and O–H groups in total. The maximum absolute atomic E-state index is 6.93. The van der Waals surface area contributed by atoms with Crippen LogP contribution in [0.25, 0.3) is 93.9 Å². The van der Waals surface area contributed by atoms with E-state index in [1.54, 1.807) is 0 Å². The van der Waals surface area contributed by atoms with Gasteiger partial charge < -0.3 is 8.83 Å². The van der Waals surface area contributed by atoms with Crippen LogP contribution in [0.4, 0.5) is 0 Å². The van der Waals surface area contributed by atoms with Crippen molar-refractivity contribution in [3.8, 4) is 28.2 Å². The fraction of sp³-hybridized carbons (Fsp3) is 0.196. The summed E-state index contributed by atoms with van der Waals surface area (Å²) in [5.74, 6) is 1.37. The van der Waals surface area contributed by atoms with Gasteiger partial charge in [0, 0.05) is 21.5 Å². The number of rotatable bonds is 5. The summed E-state index contributed by atoms with van der Waals surface area (Å²) >= 11 is 0. The van der Waals surface area contributed by atoms with Crippen molar-refractivity contribution >= 4 is 65.7 Å². The second kappa shape index (κ2) is 12.2. The third-order valence-corrected chi connectivity index (χ3v) is 11.4. The smallest absolute Gasteiger partial charge is 0.149 e. The molecule has 10 aromatic rings. The zero-order chi connectivity index (χ0) is 37.7. The summed E-state index contributed by atoms with van der Waals surface area (Å²) in [6.45, 7) is 16.1. The lowest BCUT2D eigenvalue weighted by Gasteiger charge is -2.25. The van der Waals surface area contributed by atoms with Crippen molar-refractivity contribution in [2.75, 3.05) is 0 Å². The zero-order valence-corrected chi connectivity index (χ0v) is 32.5. The molecule has 0 aliphatic heterocycles. The molecule has 0 aliphatic rings. The van der Waals surface area contributed by atoms with Crippen LogP contribution in [-0.4, -0.2) is 9.55 Å².